The molecule has 534 valence electrons. The number of likely N-dealkylation sites (N-methyl/N-ethyl adjacent to an activating group) is 1. The van der Waals surface area contributed by atoms with Crippen LogP contribution >= 0.6 is 7.82 Å². The molecule has 92 heavy (non-hydrogen) atoms. The molecule has 0 aromatic rings. The molecule has 0 saturated heterocycles. The number of carbonyl (C=O) groups is 2. The molecule has 2 atom stereocenters. The Kier molecular flexibility index (Phi) is 69.8. The minimum absolute atomic E-state index is 0.0295. The van der Waals surface area contributed by atoms with Crippen LogP contribution in [0.3, 0.4) is 0 Å². The molecule has 0 amide bonds. The number of ether oxygens (including phenoxy) is 2. The van der Waals surface area contributed by atoms with Crippen molar-refractivity contribution in [1.82, 2.24) is 0 Å². The normalized spacial score (nSPS) is 13.6. The zero-order valence-corrected chi connectivity index (χ0v) is 61.9. The Bertz CT molecular complexity index is 1880. The summed E-state index contributed by atoms with van der Waals surface area (Å²) in [6, 6.07) is 0. The van der Waals surface area contributed by atoms with Crippen LogP contribution < -0.4 is 0 Å². The molecule has 0 radical (unpaired) electrons. The Morgan fingerprint density at radius 1 is 0.348 bits per heavy atom. The monoisotopic (exact) mass is 1310 g/mol. The molecule has 0 aliphatic carbocycles. The van der Waals surface area contributed by atoms with Crippen LogP contribution in [-0.4, -0.2) is 74.9 Å². The highest BCUT2D eigenvalue weighted by molar-refractivity contribution is 7.47. The van der Waals surface area contributed by atoms with Gasteiger partial charge < -0.3 is 18.9 Å². The number of hydrogen-bond donors (Lipinski definition) is 1. The fourth-order valence-corrected chi connectivity index (χ4v) is 11.9. The van der Waals surface area contributed by atoms with Gasteiger partial charge in [-0.1, -0.05) is 349 Å². The third-order valence-electron chi connectivity index (χ3n) is 17.1. The maximum Gasteiger partial charge on any atom is 0.472 e. The van der Waals surface area contributed by atoms with Gasteiger partial charge in [0, 0.05) is 12.8 Å². The van der Waals surface area contributed by atoms with E-state index < -0.39 is 26.5 Å². The molecule has 1 N–H and O–H groups in total. The standard InChI is InChI=1S/C82H148NO8P/c1-6-8-10-12-14-16-18-20-22-24-26-28-30-32-34-35-36-37-38-39-40-41-42-43-44-45-46-47-49-50-52-54-56-58-60-62-64-66-68-70-72-74-81(84)88-78-80(79-90-92(86,87)89-77-76-83(3,4)5)91-82(85)75-73-71-69-67-65-63-61-59-57-55-53-51-48-33-31-29-27-25-23-21-19-17-15-13-11-9-7-2/h9,11,15,17-18,20-21,23-24,26-27,29-30,32-33,48,80H,6-8,10,12-14,16,19,22,25,28,31,34-47,49-79H2,1-5H3/p+1/b11-9-,17-15-,20-18-,23-21-,26-24-,29-27-,32-30-,48-33-. The second-order valence-electron chi connectivity index (χ2n) is 27.4. The van der Waals surface area contributed by atoms with Crippen LogP contribution in [0, 0.1) is 0 Å². The topological polar surface area (TPSA) is 108 Å². The van der Waals surface area contributed by atoms with Gasteiger partial charge in [0.2, 0.25) is 0 Å². The van der Waals surface area contributed by atoms with Gasteiger partial charge in [0.15, 0.2) is 6.10 Å². The van der Waals surface area contributed by atoms with Crippen LogP contribution in [-0.2, 0) is 32.7 Å². The molecular formula is C82H149NO8P+. The number of allylic oxidation sites excluding steroid dienone is 16. The van der Waals surface area contributed by atoms with E-state index >= 15 is 0 Å². The van der Waals surface area contributed by atoms with Crippen LogP contribution in [0.25, 0.3) is 0 Å². The number of rotatable bonds is 72. The highest BCUT2D eigenvalue weighted by Gasteiger charge is 2.27. The smallest absolute Gasteiger partial charge is 0.462 e. The quantitative estimate of drug-likeness (QED) is 0.0211. The average molecular weight is 1310 g/mol. The highest BCUT2D eigenvalue weighted by atomic mass is 31.2. The van der Waals surface area contributed by atoms with Crippen molar-refractivity contribution in [3.05, 3.63) is 97.2 Å². The summed E-state index contributed by atoms with van der Waals surface area (Å²) in [7, 11) is 1.48. The van der Waals surface area contributed by atoms with Crippen molar-refractivity contribution >= 4 is 19.8 Å². The zero-order chi connectivity index (χ0) is 66.9. The molecule has 0 spiro atoms. The van der Waals surface area contributed by atoms with E-state index in [-0.39, 0.29) is 32.0 Å². The molecule has 0 aliphatic heterocycles. The van der Waals surface area contributed by atoms with Crippen LogP contribution in [0.1, 0.15) is 361 Å². The van der Waals surface area contributed by atoms with Gasteiger partial charge in [-0.15, -0.1) is 0 Å². The summed E-state index contributed by atoms with van der Waals surface area (Å²) in [6.07, 6.45) is 101. The van der Waals surface area contributed by atoms with Crippen LogP contribution in [0.2, 0.25) is 0 Å². The average Bonchev–Trinajstić information content (AvgIpc) is 2.14. The number of phosphoric acid groups is 1. The number of phosphoric ester groups is 1. The van der Waals surface area contributed by atoms with E-state index in [1.54, 1.807) is 0 Å². The van der Waals surface area contributed by atoms with Crippen molar-refractivity contribution in [3.63, 3.8) is 0 Å². The molecule has 10 heteroatoms. The van der Waals surface area contributed by atoms with E-state index in [0.717, 1.165) is 83.5 Å². The number of unbranched alkanes of at least 4 members (excludes halogenated alkanes) is 42. The lowest BCUT2D eigenvalue weighted by molar-refractivity contribution is -0.870. The lowest BCUT2D eigenvalue weighted by atomic mass is 10.0. The summed E-state index contributed by atoms with van der Waals surface area (Å²) in [5, 5.41) is 0. The molecule has 0 aliphatic rings. The summed E-state index contributed by atoms with van der Waals surface area (Å²) in [6.45, 7) is 4.35. The first-order chi connectivity index (χ1) is 45.0. The summed E-state index contributed by atoms with van der Waals surface area (Å²) in [5.74, 6) is -0.789. The Hall–Kier alpha value is -3.07. The predicted octanol–water partition coefficient (Wildman–Crippen LogP) is 25.8. The summed E-state index contributed by atoms with van der Waals surface area (Å²) in [4.78, 5) is 35.9. The van der Waals surface area contributed by atoms with Crippen LogP contribution in [0.4, 0.5) is 0 Å². The first-order valence-electron chi connectivity index (χ1n) is 39.0. The van der Waals surface area contributed by atoms with E-state index in [2.05, 4.69) is 111 Å². The fraction of sp³-hybridized carbons (Fsp3) is 0.780. The van der Waals surface area contributed by atoms with Crippen molar-refractivity contribution < 1.29 is 42.1 Å². The first kappa shape index (κ1) is 88.9. The SMILES string of the molecule is CC/C=C\C/C=C\C/C=C\C/C=C\C/C=C\CCCCCCCCCCCCCC(=O)OC(COC(=O)CCCCCCCCCCCCCCCCCCCCCCCCCCCC/C=C\C/C=C\C/C=C\CCCCCCC)COP(=O)(O)OCC[N+](C)(C)C. The summed E-state index contributed by atoms with van der Waals surface area (Å²) in [5.41, 5.74) is 0. The van der Waals surface area contributed by atoms with Crippen molar-refractivity contribution in [2.75, 3.05) is 47.5 Å². The Labute approximate surface area is 570 Å². The Balaban J connectivity index is 3.92. The van der Waals surface area contributed by atoms with Gasteiger partial charge in [-0.05, 0) is 96.3 Å². The molecule has 2 unspecified atom stereocenters. The predicted molar refractivity (Wildman–Crippen MR) is 399 cm³/mol. The van der Waals surface area contributed by atoms with E-state index in [0.29, 0.717) is 17.4 Å². The fourth-order valence-electron chi connectivity index (χ4n) is 11.2. The van der Waals surface area contributed by atoms with E-state index in [9.17, 15) is 19.0 Å². The molecule has 0 aromatic carbocycles. The number of quaternary nitrogens is 1. The minimum Gasteiger partial charge on any atom is -0.462 e. The van der Waals surface area contributed by atoms with Crippen LogP contribution in [0.15, 0.2) is 97.2 Å². The third kappa shape index (κ3) is 76.0. The molecule has 0 bridgehead atoms. The van der Waals surface area contributed by atoms with Gasteiger partial charge in [0.1, 0.15) is 19.8 Å². The first-order valence-corrected chi connectivity index (χ1v) is 40.5. The van der Waals surface area contributed by atoms with Gasteiger partial charge in [0.25, 0.3) is 0 Å². The van der Waals surface area contributed by atoms with Gasteiger partial charge in [0.05, 0.1) is 27.7 Å². The van der Waals surface area contributed by atoms with Crippen molar-refractivity contribution in [2.45, 2.75) is 367 Å². The molecule has 0 saturated carbocycles. The van der Waals surface area contributed by atoms with Crippen molar-refractivity contribution in [1.29, 1.82) is 0 Å². The summed E-state index contributed by atoms with van der Waals surface area (Å²) < 4.78 is 34.8. The Morgan fingerprint density at radius 2 is 0.620 bits per heavy atom. The van der Waals surface area contributed by atoms with E-state index in [1.165, 1.54) is 244 Å². The second-order valence-corrected chi connectivity index (χ2v) is 28.8. The zero-order valence-electron chi connectivity index (χ0n) is 61.0. The van der Waals surface area contributed by atoms with Crippen molar-refractivity contribution in [3.8, 4) is 0 Å². The van der Waals surface area contributed by atoms with Crippen LogP contribution in [0.5, 0.6) is 0 Å². The van der Waals surface area contributed by atoms with Gasteiger partial charge >= 0.3 is 19.8 Å². The van der Waals surface area contributed by atoms with E-state index in [4.69, 9.17) is 18.5 Å². The molecule has 0 fully saturated rings. The van der Waals surface area contributed by atoms with Gasteiger partial charge in [-0.25, -0.2) is 4.57 Å². The number of carbonyl (C=O) groups excluding carboxylic acids is 2. The largest absolute Gasteiger partial charge is 0.472 e. The van der Waals surface area contributed by atoms with Crippen molar-refractivity contribution in [2.24, 2.45) is 0 Å². The third-order valence-corrected chi connectivity index (χ3v) is 18.1. The summed E-state index contributed by atoms with van der Waals surface area (Å²) >= 11 is 0. The Morgan fingerprint density at radius 3 is 0.924 bits per heavy atom. The minimum atomic E-state index is -4.40. The number of esters is 2. The van der Waals surface area contributed by atoms with E-state index in [1.807, 2.05) is 21.1 Å². The molecule has 0 aromatic heterocycles. The lowest BCUT2D eigenvalue weighted by Gasteiger charge is -2.24. The lowest BCUT2D eigenvalue weighted by Crippen LogP contribution is -2.37. The van der Waals surface area contributed by atoms with Gasteiger partial charge in [-0.2, -0.15) is 0 Å². The molecule has 0 rings (SSSR count). The number of nitrogens with zero attached hydrogens (tertiary/aromatic N) is 1. The second kappa shape index (κ2) is 72.2. The number of hydrogen-bond acceptors (Lipinski definition) is 7. The molecular weight excluding hydrogens is 1160 g/mol. The molecule has 0 heterocycles. The highest BCUT2D eigenvalue weighted by Crippen LogP contribution is 2.43. The van der Waals surface area contributed by atoms with Gasteiger partial charge in [-0.3, -0.25) is 18.6 Å². The molecule has 9 nitrogen and oxygen atoms in total. The maximum atomic E-state index is 12.9. The maximum absolute atomic E-state index is 12.9.